The van der Waals surface area contributed by atoms with Crippen molar-refractivity contribution in [3.05, 3.63) is 34.9 Å². The van der Waals surface area contributed by atoms with E-state index in [4.69, 9.17) is 11.6 Å². The van der Waals surface area contributed by atoms with Crippen LogP contribution in [0.5, 0.6) is 0 Å². The van der Waals surface area contributed by atoms with Gasteiger partial charge in [-0.05, 0) is 12.1 Å². The van der Waals surface area contributed by atoms with Crippen molar-refractivity contribution < 1.29 is 5.32 Å². The fourth-order valence-corrected chi connectivity index (χ4v) is 0.982. The number of halogens is 1. The maximum Gasteiger partial charge on any atom is 0.101 e. The predicted octanol–water partition coefficient (Wildman–Crippen LogP) is 1.03. The first-order valence-electron chi connectivity index (χ1n) is 3.35. The number of hydrogen-bond donors (Lipinski definition) is 1. The second kappa shape index (κ2) is 3.59. The van der Waals surface area contributed by atoms with E-state index in [0.717, 1.165) is 11.6 Å². The van der Waals surface area contributed by atoms with Gasteiger partial charge in [0.15, 0.2) is 0 Å². The summed E-state index contributed by atoms with van der Waals surface area (Å²) >= 11 is 5.70. The molecule has 10 heavy (non-hydrogen) atoms. The Labute approximate surface area is 66.0 Å². The molecule has 0 atom stereocenters. The smallest absolute Gasteiger partial charge is 0.101 e. The highest BCUT2D eigenvalue weighted by Crippen LogP contribution is 2.07. The van der Waals surface area contributed by atoms with Crippen LogP contribution in [0.1, 0.15) is 5.56 Å². The van der Waals surface area contributed by atoms with Crippen molar-refractivity contribution in [1.29, 1.82) is 0 Å². The van der Waals surface area contributed by atoms with Crippen LogP contribution in [-0.2, 0) is 6.54 Å². The minimum absolute atomic E-state index is 0.805. The van der Waals surface area contributed by atoms with Crippen LogP contribution in [0.25, 0.3) is 0 Å². The molecular weight excluding hydrogens is 146 g/mol. The van der Waals surface area contributed by atoms with E-state index >= 15 is 0 Å². The summed E-state index contributed by atoms with van der Waals surface area (Å²) in [5, 5.41) is 2.93. The molecule has 2 heteroatoms. The third-order valence-corrected chi connectivity index (χ3v) is 1.61. The van der Waals surface area contributed by atoms with Crippen molar-refractivity contribution in [3.8, 4) is 0 Å². The lowest BCUT2D eigenvalue weighted by Crippen LogP contribution is -2.77. The molecule has 1 aromatic rings. The van der Waals surface area contributed by atoms with Crippen molar-refractivity contribution in [3.63, 3.8) is 0 Å². The molecule has 0 unspecified atom stereocenters. The summed E-state index contributed by atoms with van der Waals surface area (Å²) in [6.45, 7) is 1.02. The lowest BCUT2D eigenvalue weighted by molar-refractivity contribution is -0.643. The molecule has 1 aromatic carbocycles. The van der Waals surface area contributed by atoms with Gasteiger partial charge in [-0.1, -0.05) is 23.7 Å². The maximum atomic E-state index is 5.70. The second-order valence-electron chi connectivity index (χ2n) is 2.24. The van der Waals surface area contributed by atoms with E-state index < -0.39 is 0 Å². The molecule has 0 bridgehead atoms. The Balaban J connectivity index is 2.69. The molecule has 0 aliphatic carbocycles. The number of rotatable bonds is 2. The van der Waals surface area contributed by atoms with Crippen LogP contribution in [-0.4, -0.2) is 7.05 Å². The molecule has 1 nitrogen and oxygen atoms in total. The van der Waals surface area contributed by atoms with Crippen molar-refractivity contribution in [2.45, 2.75) is 6.54 Å². The van der Waals surface area contributed by atoms with E-state index in [1.54, 1.807) is 0 Å². The van der Waals surface area contributed by atoms with Gasteiger partial charge in [0.05, 0.1) is 7.05 Å². The van der Waals surface area contributed by atoms with E-state index in [1.807, 2.05) is 24.3 Å². The first-order valence-corrected chi connectivity index (χ1v) is 3.73. The lowest BCUT2D eigenvalue weighted by atomic mass is 10.2. The molecule has 0 aliphatic rings. The Morgan fingerprint density at radius 1 is 1.30 bits per heavy atom. The zero-order valence-corrected chi connectivity index (χ0v) is 6.73. The molecule has 1 rings (SSSR count). The highest BCUT2D eigenvalue weighted by atomic mass is 35.5. The number of hydrogen-bond acceptors (Lipinski definition) is 0. The summed E-state index contributed by atoms with van der Waals surface area (Å²) in [5.74, 6) is 0. The normalized spacial score (nSPS) is 9.80. The molecule has 0 heterocycles. The number of benzene rings is 1. The van der Waals surface area contributed by atoms with Gasteiger partial charge in [0, 0.05) is 10.6 Å². The van der Waals surface area contributed by atoms with Crippen LogP contribution < -0.4 is 5.32 Å². The van der Waals surface area contributed by atoms with Crippen LogP contribution in [0.15, 0.2) is 24.3 Å². The van der Waals surface area contributed by atoms with E-state index in [9.17, 15) is 0 Å². The molecular formula is C8H11ClN+. The van der Waals surface area contributed by atoms with Gasteiger partial charge in [-0.15, -0.1) is 0 Å². The zero-order chi connectivity index (χ0) is 7.40. The Bertz CT molecular complexity index is 193. The molecule has 0 radical (unpaired) electrons. The zero-order valence-electron chi connectivity index (χ0n) is 5.97. The van der Waals surface area contributed by atoms with Crippen molar-refractivity contribution in [1.82, 2.24) is 0 Å². The summed E-state index contributed by atoms with van der Waals surface area (Å²) in [7, 11) is 2.05. The fourth-order valence-electron chi connectivity index (χ4n) is 0.856. The van der Waals surface area contributed by atoms with Gasteiger partial charge >= 0.3 is 0 Å². The summed E-state index contributed by atoms with van der Waals surface area (Å²) in [6, 6.07) is 7.92. The maximum absolute atomic E-state index is 5.70. The molecule has 0 saturated heterocycles. The molecule has 0 saturated carbocycles. The molecule has 0 amide bonds. The Hall–Kier alpha value is -0.530. The van der Waals surface area contributed by atoms with Crippen molar-refractivity contribution in [2.24, 2.45) is 0 Å². The van der Waals surface area contributed by atoms with Crippen molar-refractivity contribution in [2.75, 3.05) is 7.05 Å². The molecule has 0 spiro atoms. The number of nitrogens with two attached hydrogens (primary N) is 1. The topological polar surface area (TPSA) is 16.6 Å². The minimum atomic E-state index is 0.805. The molecule has 2 N–H and O–H groups in total. The third-order valence-electron chi connectivity index (χ3n) is 1.35. The van der Waals surface area contributed by atoms with Crippen LogP contribution in [0.3, 0.4) is 0 Å². The van der Waals surface area contributed by atoms with E-state index in [2.05, 4.69) is 12.4 Å². The van der Waals surface area contributed by atoms with Gasteiger partial charge in [0.25, 0.3) is 0 Å². The minimum Gasteiger partial charge on any atom is -0.345 e. The summed E-state index contributed by atoms with van der Waals surface area (Å²) in [5.41, 5.74) is 1.31. The fraction of sp³-hybridized carbons (Fsp3) is 0.250. The van der Waals surface area contributed by atoms with Gasteiger partial charge in [-0.3, -0.25) is 0 Å². The van der Waals surface area contributed by atoms with Gasteiger partial charge in [-0.2, -0.15) is 0 Å². The van der Waals surface area contributed by atoms with E-state index in [0.29, 0.717) is 0 Å². The van der Waals surface area contributed by atoms with Crippen LogP contribution in [0.4, 0.5) is 0 Å². The van der Waals surface area contributed by atoms with Gasteiger partial charge in [0.1, 0.15) is 6.54 Å². The first-order chi connectivity index (χ1) is 4.83. The largest absolute Gasteiger partial charge is 0.345 e. The van der Waals surface area contributed by atoms with Gasteiger partial charge < -0.3 is 5.32 Å². The van der Waals surface area contributed by atoms with Crippen molar-refractivity contribution >= 4 is 11.6 Å². The van der Waals surface area contributed by atoms with Gasteiger partial charge in [-0.25, -0.2) is 0 Å². The standard InChI is InChI=1S/C8H10ClN/c1-10-6-7-2-4-8(9)5-3-7/h2-5,10H,6H2,1H3/p+1. The number of quaternary nitrogens is 1. The SMILES string of the molecule is C[NH2+]Cc1ccc(Cl)cc1. The van der Waals surface area contributed by atoms with Crippen LogP contribution >= 0.6 is 11.6 Å². The molecule has 54 valence electrons. The predicted molar refractivity (Wildman–Crippen MR) is 43.0 cm³/mol. The lowest BCUT2D eigenvalue weighted by Gasteiger charge is -1.95. The summed E-state index contributed by atoms with van der Waals surface area (Å²) < 4.78 is 0. The monoisotopic (exact) mass is 156 g/mol. The molecule has 0 aliphatic heterocycles. The van der Waals surface area contributed by atoms with Crippen LogP contribution in [0.2, 0.25) is 5.02 Å². The average molecular weight is 157 g/mol. The Morgan fingerprint density at radius 3 is 2.40 bits per heavy atom. The second-order valence-corrected chi connectivity index (χ2v) is 2.68. The summed E-state index contributed by atoms with van der Waals surface area (Å²) in [6.07, 6.45) is 0. The van der Waals surface area contributed by atoms with E-state index in [-0.39, 0.29) is 0 Å². The molecule has 0 aromatic heterocycles. The first kappa shape index (κ1) is 7.58. The summed E-state index contributed by atoms with van der Waals surface area (Å²) in [4.78, 5) is 0. The molecule has 0 fully saturated rings. The Morgan fingerprint density at radius 2 is 1.90 bits per heavy atom. The Kier molecular flexibility index (Phi) is 2.72. The highest BCUT2D eigenvalue weighted by molar-refractivity contribution is 6.30. The quantitative estimate of drug-likeness (QED) is 0.659. The third kappa shape index (κ3) is 2.01. The van der Waals surface area contributed by atoms with E-state index in [1.165, 1.54) is 5.56 Å². The average Bonchev–Trinajstić information content (AvgIpc) is 1.95. The highest BCUT2D eigenvalue weighted by Gasteiger charge is 1.90. The van der Waals surface area contributed by atoms with Crippen LogP contribution in [0, 0.1) is 0 Å². The van der Waals surface area contributed by atoms with Gasteiger partial charge in [0.2, 0.25) is 0 Å².